The molecule has 0 aliphatic heterocycles. The van der Waals surface area contributed by atoms with Crippen LogP contribution in [0.2, 0.25) is 0 Å². The normalized spacial score (nSPS) is 10.6. The summed E-state index contributed by atoms with van der Waals surface area (Å²) < 4.78 is 5.50. The van der Waals surface area contributed by atoms with Crippen LogP contribution in [-0.2, 0) is 11.2 Å². The van der Waals surface area contributed by atoms with Crippen molar-refractivity contribution in [3.8, 4) is 16.9 Å². The number of esters is 1. The molecule has 126 valence electrons. The molecule has 0 saturated carbocycles. The molecule has 0 heterocycles. The molecule has 0 aliphatic carbocycles. The summed E-state index contributed by atoms with van der Waals surface area (Å²) in [5.41, 5.74) is 3.24. The van der Waals surface area contributed by atoms with Crippen molar-refractivity contribution < 1.29 is 9.53 Å². The first kappa shape index (κ1) is 16.1. The van der Waals surface area contributed by atoms with Gasteiger partial charge in [-0.2, -0.15) is 0 Å². The minimum absolute atomic E-state index is 0.252. The van der Waals surface area contributed by atoms with E-state index >= 15 is 0 Å². The molecule has 4 aromatic carbocycles. The molecule has 0 unspecified atom stereocenters. The smallest absolute Gasteiger partial charge is 0.315 e. The summed E-state index contributed by atoms with van der Waals surface area (Å²) in [4.78, 5) is 12.3. The summed E-state index contributed by atoms with van der Waals surface area (Å²) in [5.74, 6) is 0.322. The van der Waals surface area contributed by atoms with Gasteiger partial charge >= 0.3 is 5.97 Å². The lowest BCUT2D eigenvalue weighted by molar-refractivity contribution is -0.133. The van der Waals surface area contributed by atoms with Gasteiger partial charge in [-0.1, -0.05) is 84.9 Å². The SMILES string of the molecule is O=C(Cc1ccc(-c2ccccc2)cc1)Oc1ccc2ccccc2c1. The lowest BCUT2D eigenvalue weighted by Crippen LogP contribution is -2.11. The minimum Gasteiger partial charge on any atom is -0.426 e. The molecule has 0 radical (unpaired) electrons. The molecule has 4 rings (SSSR count). The van der Waals surface area contributed by atoms with Crippen molar-refractivity contribution in [3.05, 3.63) is 103 Å². The van der Waals surface area contributed by atoms with E-state index in [1.165, 1.54) is 0 Å². The van der Waals surface area contributed by atoms with Gasteiger partial charge in [0.15, 0.2) is 0 Å². The van der Waals surface area contributed by atoms with Crippen LogP contribution in [0.15, 0.2) is 97.1 Å². The van der Waals surface area contributed by atoms with E-state index in [0.29, 0.717) is 5.75 Å². The predicted octanol–water partition coefficient (Wildman–Crippen LogP) is 5.65. The summed E-state index contributed by atoms with van der Waals surface area (Å²) in [6.45, 7) is 0. The minimum atomic E-state index is -0.257. The first-order valence-corrected chi connectivity index (χ1v) is 8.62. The predicted molar refractivity (Wildman–Crippen MR) is 105 cm³/mol. The average molecular weight is 338 g/mol. The van der Waals surface area contributed by atoms with Gasteiger partial charge in [0, 0.05) is 0 Å². The van der Waals surface area contributed by atoms with Crippen LogP contribution in [0.25, 0.3) is 21.9 Å². The van der Waals surface area contributed by atoms with Crippen molar-refractivity contribution in [2.45, 2.75) is 6.42 Å². The fraction of sp³-hybridized carbons (Fsp3) is 0.0417. The Bertz CT molecular complexity index is 1030. The maximum Gasteiger partial charge on any atom is 0.315 e. The Morgan fingerprint density at radius 1 is 0.654 bits per heavy atom. The number of carbonyl (C=O) groups is 1. The third-order valence-corrected chi connectivity index (χ3v) is 4.36. The second kappa shape index (κ2) is 7.24. The largest absolute Gasteiger partial charge is 0.426 e. The lowest BCUT2D eigenvalue weighted by Gasteiger charge is -2.07. The van der Waals surface area contributed by atoms with Crippen molar-refractivity contribution in [3.63, 3.8) is 0 Å². The Balaban J connectivity index is 1.44. The molecule has 0 saturated heterocycles. The number of rotatable bonds is 4. The van der Waals surface area contributed by atoms with Crippen LogP contribution >= 0.6 is 0 Å². The monoisotopic (exact) mass is 338 g/mol. The zero-order chi connectivity index (χ0) is 17.8. The molecule has 4 aromatic rings. The summed E-state index contributed by atoms with van der Waals surface area (Å²) in [5, 5.41) is 2.19. The lowest BCUT2D eigenvalue weighted by atomic mass is 10.0. The van der Waals surface area contributed by atoms with Gasteiger partial charge in [0.25, 0.3) is 0 Å². The van der Waals surface area contributed by atoms with E-state index in [9.17, 15) is 4.79 Å². The van der Waals surface area contributed by atoms with Gasteiger partial charge in [-0.25, -0.2) is 0 Å². The molecule has 2 heteroatoms. The van der Waals surface area contributed by atoms with Crippen LogP contribution < -0.4 is 4.74 Å². The molecule has 26 heavy (non-hydrogen) atoms. The summed E-state index contributed by atoms with van der Waals surface area (Å²) in [6.07, 6.45) is 0.252. The highest BCUT2D eigenvalue weighted by Gasteiger charge is 2.07. The molecule has 0 atom stereocenters. The van der Waals surface area contributed by atoms with E-state index in [0.717, 1.165) is 27.5 Å². The van der Waals surface area contributed by atoms with Crippen LogP contribution in [0.1, 0.15) is 5.56 Å². The Morgan fingerprint density at radius 2 is 1.31 bits per heavy atom. The maximum absolute atomic E-state index is 12.3. The number of fused-ring (bicyclic) bond motifs is 1. The molecule has 0 fully saturated rings. The first-order chi connectivity index (χ1) is 12.8. The van der Waals surface area contributed by atoms with Gasteiger partial charge < -0.3 is 4.74 Å². The van der Waals surface area contributed by atoms with Gasteiger partial charge in [0.05, 0.1) is 6.42 Å². The number of hydrogen-bond acceptors (Lipinski definition) is 2. The van der Waals surface area contributed by atoms with Gasteiger partial charge in [0.2, 0.25) is 0 Å². The third kappa shape index (κ3) is 3.65. The topological polar surface area (TPSA) is 26.3 Å². The van der Waals surface area contributed by atoms with Crippen molar-refractivity contribution in [1.29, 1.82) is 0 Å². The van der Waals surface area contributed by atoms with E-state index in [1.54, 1.807) is 0 Å². The Morgan fingerprint density at radius 3 is 2.08 bits per heavy atom. The van der Waals surface area contributed by atoms with E-state index in [4.69, 9.17) is 4.74 Å². The number of benzene rings is 4. The molecular formula is C24H18O2. The summed E-state index contributed by atoms with van der Waals surface area (Å²) in [6, 6.07) is 31.9. The Labute approximate surface area is 152 Å². The first-order valence-electron chi connectivity index (χ1n) is 8.62. The zero-order valence-electron chi connectivity index (χ0n) is 14.3. The van der Waals surface area contributed by atoms with E-state index < -0.39 is 0 Å². The van der Waals surface area contributed by atoms with Crippen LogP contribution in [0.3, 0.4) is 0 Å². The van der Waals surface area contributed by atoms with Crippen molar-refractivity contribution in [2.24, 2.45) is 0 Å². The van der Waals surface area contributed by atoms with E-state index in [2.05, 4.69) is 12.1 Å². The highest BCUT2D eigenvalue weighted by Crippen LogP contribution is 2.22. The average Bonchev–Trinajstić information content (AvgIpc) is 2.69. The summed E-state index contributed by atoms with van der Waals surface area (Å²) in [7, 11) is 0. The highest BCUT2D eigenvalue weighted by molar-refractivity contribution is 5.85. The quantitative estimate of drug-likeness (QED) is 0.355. The third-order valence-electron chi connectivity index (χ3n) is 4.36. The standard InChI is InChI=1S/C24H18O2/c25-24(26-23-15-14-20-8-4-5-9-22(20)17-23)16-18-10-12-21(13-11-18)19-6-2-1-3-7-19/h1-15,17H,16H2. The maximum atomic E-state index is 12.3. The zero-order valence-corrected chi connectivity index (χ0v) is 14.3. The Hall–Kier alpha value is -3.39. The second-order valence-corrected chi connectivity index (χ2v) is 6.22. The van der Waals surface area contributed by atoms with Crippen LogP contribution in [-0.4, -0.2) is 5.97 Å². The van der Waals surface area contributed by atoms with Gasteiger partial charge in [-0.3, -0.25) is 4.79 Å². The number of ether oxygens (including phenoxy) is 1. The second-order valence-electron chi connectivity index (χ2n) is 6.22. The fourth-order valence-corrected chi connectivity index (χ4v) is 3.01. The number of carbonyl (C=O) groups excluding carboxylic acids is 1. The van der Waals surface area contributed by atoms with Gasteiger partial charge in [-0.05, 0) is 39.6 Å². The Kier molecular flexibility index (Phi) is 4.48. The molecule has 0 aromatic heterocycles. The highest BCUT2D eigenvalue weighted by atomic mass is 16.5. The molecule has 0 amide bonds. The van der Waals surface area contributed by atoms with Gasteiger partial charge in [0.1, 0.15) is 5.75 Å². The summed E-state index contributed by atoms with van der Waals surface area (Å²) >= 11 is 0. The fourth-order valence-electron chi connectivity index (χ4n) is 3.01. The van der Waals surface area contributed by atoms with Crippen LogP contribution in [0.5, 0.6) is 5.75 Å². The van der Waals surface area contributed by atoms with E-state index in [-0.39, 0.29) is 12.4 Å². The molecule has 0 bridgehead atoms. The molecule has 0 N–H and O–H groups in total. The number of hydrogen-bond donors (Lipinski definition) is 0. The van der Waals surface area contributed by atoms with E-state index in [1.807, 2.05) is 84.9 Å². The van der Waals surface area contributed by atoms with Gasteiger partial charge in [-0.15, -0.1) is 0 Å². The van der Waals surface area contributed by atoms with Crippen molar-refractivity contribution in [2.75, 3.05) is 0 Å². The molecule has 0 aliphatic rings. The molecule has 2 nitrogen and oxygen atoms in total. The van der Waals surface area contributed by atoms with Crippen molar-refractivity contribution in [1.82, 2.24) is 0 Å². The molecular weight excluding hydrogens is 320 g/mol. The van der Waals surface area contributed by atoms with Crippen LogP contribution in [0.4, 0.5) is 0 Å². The van der Waals surface area contributed by atoms with Crippen LogP contribution in [0, 0.1) is 0 Å². The molecule has 0 spiro atoms. The van der Waals surface area contributed by atoms with Crippen molar-refractivity contribution >= 4 is 16.7 Å².